The quantitative estimate of drug-likeness (QED) is 0.773. The molecule has 1 aliphatic carbocycles. The number of hydrogen-bond acceptors (Lipinski definition) is 3. The Morgan fingerprint density at radius 2 is 2.06 bits per heavy atom. The van der Waals surface area contributed by atoms with Crippen LogP contribution in [-0.2, 0) is 6.42 Å². The lowest BCUT2D eigenvalue weighted by Crippen LogP contribution is -2.36. The molecule has 2 heterocycles. The van der Waals surface area contributed by atoms with Gasteiger partial charge in [-0.25, -0.2) is 0 Å². The molecule has 1 nitrogen and oxygen atoms in total. The molecule has 1 unspecified atom stereocenters. The van der Waals surface area contributed by atoms with Gasteiger partial charge in [0.2, 0.25) is 0 Å². The van der Waals surface area contributed by atoms with E-state index in [9.17, 15) is 0 Å². The van der Waals surface area contributed by atoms with E-state index in [1.807, 2.05) is 11.3 Å². The van der Waals surface area contributed by atoms with E-state index in [1.165, 1.54) is 46.5 Å². The summed E-state index contributed by atoms with van der Waals surface area (Å²) >= 11 is 6.58. The van der Waals surface area contributed by atoms with Gasteiger partial charge in [-0.05, 0) is 77.8 Å². The normalized spacial score (nSPS) is 25.8. The molecule has 1 fully saturated rings. The second kappa shape index (κ2) is 5.80. The highest BCUT2D eigenvalue weighted by atomic mass is 127. The highest BCUT2D eigenvalue weighted by molar-refractivity contribution is 14.1. The Kier molecular flexibility index (Phi) is 4.35. The molecule has 1 N–H and O–H groups in total. The fourth-order valence-corrected chi connectivity index (χ4v) is 6.07. The molecule has 1 atom stereocenters. The molecule has 1 aromatic heterocycles. The summed E-state index contributed by atoms with van der Waals surface area (Å²) in [6.07, 6.45) is 6.73. The minimum absolute atomic E-state index is 0.645. The van der Waals surface area contributed by atoms with Crippen LogP contribution in [0.1, 0.15) is 42.2 Å². The summed E-state index contributed by atoms with van der Waals surface area (Å²) in [5, 5.41) is 3.92. The zero-order valence-corrected chi connectivity index (χ0v) is 13.7. The Morgan fingerprint density at radius 1 is 1.24 bits per heavy atom. The van der Waals surface area contributed by atoms with Crippen LogP contribution in [0.25, 0.3) is 0 Å². The average molecular weight is 379 g/mol. The number of rotatable bonds is 2. The Labute approximate surface area is 125 Å². The lowest BCUT2D eigenvalue weighted by Gasteiger charge is -2.30. The largest absolute Gasteiger partial charge is 0.307 e. The van der Waals surface area contributed by atoms with Crippen LogP contribution in [0, 0.1) is 2.88 Å². The molecule has 1 aromatic rings. The van der Waals surface area contributed by atoms with E-state index in [0.717, 1.165) is 6.04 Å². The van der Waals surface area contributed by atoms with Gasteiger partial charge in [0.05, 0.1) is 2.88 Å². The van der Waals surface area contributed by atoms with Crippen LogP contribution in [0.5, 0.6) is 0 Å². The van der Waals surface area contributed by atoms with Crippen molar-refractivity contribution in [3.63, 3.8) is 0 Å². The maximum Gasteiger partial charge on any atom is 0.0659 e. The Morgan fingerprint density at radius 3 is 2.88 bits per heavy atom. The maximum atomic E-state index is 3.92. The Balaban J connectivity index is 1.71. The summed E-state index contributed by atoms with van der Waals surface area (Å²) < 4.78 is 1.46. The van der Waals surface area contributed by atoms with E-state index >= 15 is 0 Å². The van der Waals surface area contributed by atoms with Crippen molar-refractivity contribution in [2.75, 3.05) is 11.5 Å². The zero-order chi connectivity index (χ0) is 11.7. The molecule has 0 bridgehead atoms. The summed E-state index contributed by atoms with van der Waals surface area (Å²) in [7, 11) is 0. The Bertz CT molecular complexity index is 385. The van der Waals surface area contributed by atoms with Gasteiger partial charge in [0.1, 0.15) is 0 Å². The van der Waals surface area contributed by atoms with Gasteiger partial charge < -0.3 is 5.32 Å². The number of thiophene rings is 1. The maximum absolute atomic E-state index is 3.92. The highest BCUT2D eigenvalue weighted by Crippen LogP contribution is 2.37. The third-order valence-electron chi connectivity index (χ3n) is 3.74. The SMILES string of the molecule is Ic1cc2c(s1)CCCC2NC1CCSCC1. The van der Waals surface area contributed by atoms with Crippen molar-refractivity contribution in [1.29, 1.82) is 0 Å². The lowest BCUT2D eigenvalue weighted by atomic mass is 9.93. The van der Waals surface area contributed by atoms with Gasteiger partial charge >= 0.3 is 0 Å². The monoisotopic (exact) mass is 379 g/mol. The number of fused-ring (bicyclic) bond motifs is 1. The van der Waals surface area contributed by atoms with Gasteiger partial charge in [0.15, 0.2) is 0 Å². The molecular weight excluding hydrogens is 361 g/mol. The van der Waals surface area contributed by atoms with Gasteiger partial charge in [0, 0.05) is 17.0 Å². The molecule has 0 radical (unpaired) electrons. The molecule has 4 heteroatoms. The van der Waals surface area contributed by atoms with Crippen LogP contribution in [-0.4, -0.2) is 17.5 Å². The van der Waals surface area contributed by atoms with Gasteiger partial charge in [-0.15, -0.1) is 11.3 Å². The molecule has 0 aromatic carbocycles. The number of aryl methyl sites for hydroxylation is 1. The molecule has 1 saturated heterocycles. The number of nitrogens with one attached hydrogen (secondary N) is 1. The van der Waals surface area contributed by atoms with Gasteiger partial charge in [-0.2, -0.15) is 11.8 Å². The van der Waals surface area contributed by atoms with Crippen LogP contribution < -0.4 is 5.32 Å². The molecule has 3 rings (SSSR count). The third kappa shape index (κ3) is 3.01. The molecule has 94 valence electrons. The minimum Gasteiger partial charge on any atom is -0.307 e. The standard InChI is InChI=1S/C13H18INS2/c14-13-8-10-11(2-1-3-12(10)17-13)15-9-4-6-16-7-5-9/h8-9,11,15H,1-7H2. The van der Waals surface area contributed by atoms with Crippen LogP contribution in [0.3, 0.4) is 0 Å². The van der Waals surface area contributed by atoms with Crippen LogP contribution >= 0.6 is 45.7 Å². The van der Waals surface area contributed by atoms with E-state index in [-0.39, 0.29) is 0 Å². The first-order chi connectivity index (χ1) is 8.33. The highest BCUT2D eigenvalue weighted by Gasteiger charge is 2.25. The van der Waals surface area contributed by atoms with E-state index in [2.05, 4.69) is 45.7 Å². The van der Waals surface area contributed by atoms with Crippen molar-refractivity contribution in [1.82, 2.24) is 5.32 Å². The lowest BCUT2D eigenvalue weighted by molar-refractivity contribution is 0.380. The van der Waals surface area contributed by atoms with Crippen molar-refractivity contribution in [3.05, 3.63) is 19.4 Å². The van der Waals surface area contributed by atoms with Crippen LogP contribution in [0.15, 0.2) is 6.07 Å². The second-order valence-corrected chi connectivity index (χ2v) is 9.18. The van der Waals surface area contributed by atoms with Gasteiger partial charge in [-0.3, -0.25) is 0 Å². The average Bonchev–Trinajstić information content (AvgIpc) is 2.72. The van der Waals surface area contributed by atoms with Crippen molar-refractivity contribution in [2.24, 2.45) is 0 Å². The summed E-state index contributed by atoms with van der Waals surface area (Å²) in [5.41, 5.74) is 1.61. The first-order valence-electron chi connectivity index (χ1n) is 6.45. The topological polar surface area (TPSA) is 12.0 Å². The second-order valence-electron chi connectivity index (χ2n) is 4.93. The summed E-state index contributed by atoms with van der Waals surface area (Å²) in [6.45, 7) is 0. The Hall–Kier alpha value is 0.740. The first kappa shape index (κ1) is 12.8. The predicted molar refractivity (Wildman–Crippen MR) is 86.2 cm³/mol. The van der Waals surface area contributed by atoms with E-state index in [4.69, 9.17) is 0 Å². The molecule has 0 spiro atoms. The molecule has 2 aliphatic rings. The van der Waals surface area contributed by atoms with Crippen molar-refractivity contribution < 1.29 is 0 Å². The van der Waals surface area contributed by atoms with Crippen LogP contribution in [0.4, 0.5) is 0 Å². The minimum atomic E-state index is 0.645. The smallest absolute Gasteiger partial charge is 0.0659 e. The van der Waals surface area contributed by atoms with Crippen molar-refractivity contribution >= 4 is 45.7 Å². The van der Waals surface area contributed by atoms with Gasteiger partial charge in [0.25, 0.3) is 0 Å². The fourth-order valence-electron chi connectivity index (χ4n) is 2.84. The van der Waals surface area contributed by atoms with E-state index in [0.29, 0.717) is 6.04 Å². The van der Waals surface area contributed by atoms with Crippen molar-refractivity contribution in [2.45, 2.75) is 44.2 Å². The zero-order valence-electron chi connectivity index (χ0n) is 9.88. The number of thioether (sulfide) groups is 1. The van der Waals surface area contributed by atoms with Crippen molar-refractivity contribution in [3.8, 4) is 0 Å². The molecule has 17 heavy (non-hydrogen) atoms. The molecule has 0 amide bonds. The first-order valence-corrected chi connectivity index (χ1v) is 9.50. The van der Waals surface area contributed by atoms with E-state index < -0.39 is 0 Å². The summed E-state index contributed by atoms with van der Waals surface area (Å²) in [4.78, 5) is 1.64. The summed E-state index contributed by atoms with van der Waals surface area (Å²) in [5.74, 6) is 2.69. The van der Waals surface area contributed by atoms with E-state index in [1.54, 1.807) is 10.4 Å². The number of halogens is 1. The van der Waals surface area contributed by atoms with Gasteiger partial charge in [-0.1, -0.05) is 0 Å². The third-order valence-corrected chi connectivity index (χ3v) is 6.76. The predicted octanol–water partition coefficient (Wildman–Crippen LogP) is 4.22. The molecular formula is C13H18INS2. The molecule has 1 aliphatic heterocycles. The molecule has 0 saturated carbocycles. The number of hydrogen-bond donors (Lipinski definition) is 1. The van der Waals surface area contributed by atoms with Crippen LogP contribution in [0.2, 0.25) is 0 Å². The summed E-state index contributed by atoms with van der Waals surface area (Å²) in [6, 6.07) is 3.82. The fraction of sp³-hybridized carbons (Fsp3) is 0.692.